The summed E-state index contributed by atoms with van der Waals surface area (Å²) in [4.78, 5) is 3.74. The minimum absolute atomic E-state index is 0.250. The molecule has 2 aromatic rings. The normalized spacial score (nSPS) is 13.1. The minimum Gasteiger partial charge on any atom is -0.329 e. The number of aromatic nitrogens is 2. The van der Waals surface area contributed by atoms with E-state index < -0.39 is 0 Å². The molecule has 19 heavy (non-hydrogen) atoms. The summed E-state index contributed by atoms with van der Waals surface area (Å²) in [5.74, 6) is 0. The molecule has 104 valence electrons. The van der Waals surface area contributed by atoms with Crippen LogP contribution < -0.4 is 5.73 Å². The Bertz CT molecular complexity index is 477. The van der Waals surface area contributed by atoms with Gasteiger partial charge < -0.3 is 5.73 Å². The van der Waals surface area contributed by atoms with Crippen LogP contribution >= 0.6 is 11.3 Å². The molecule has 0 radical (unpaired) electrons. The van der Waals surface area contributed by atoms with Crippen LogP contribution in [0.4, 0.5) is 0 Å². The highest BCUT2D eigenvalue weighted by Gasteiger charge is 2.17. The third-order valence-corrected chi connectivity index (χ3v) is 4.34. The molecule has 0 saturated carbocycles. The van der Waals surface area contributed by atoms with E-state index in [0.29, 0.717) is 6.54 Å². The molecule has 0 spiro atoms. The highest BCUT2D eigenvalue weighted by atomic mass is 32.1. The molecule has 2 rings (SSSR count). The van der Waals surface area contributed by atoms with Crippen LogP contribution in [0.15, 0.2) is 29.9 Å². The Labute approximate surface area is 118 Å². The van der Waals surface area contributed by atoms with Crippen LogP contribution in [0.25, 0.3) is 0 Å². The lowest BCUT2D eigenvalue weighted by Crippen LogP contribution is -2.31. The van der Waals surface area contributed by atoms with Crippen molar-refractivity contribution in [2.24, 2.45) is 5.73 Å². The quantitative estimate of drug-likeness (QED) is 0.844. The summed E-state index contributed by atoms with van der Waals surface area (Å²) in [5, 5.41) is 6.46. The lowest BCUT2D eigenvalue weighted by atomic mass is 10.1. The Balaban J connectivity index is 1.96. The number of thiophene rings is 1. The lowest BCUT2D eigenvalue weighted by molar-refractivity contribution is 0.253. The number of aryl methyl sites for hydroxylation is 1. The van der Waals surface area contributed by atoms with E-state index in [4.69, 9.17) is 5.73 Å². The first-order valence-electron chi connectivity index (χ1n) is 6.69. The van der Waals surface area contributed by atoms with Crippen molar-refractivity contribution in [1.29, 1.82) is 0 Å². The van der Waals surface area contributed by atoms with Gasteiger partial charge in [-0.3, -0.25) is 9.58 Å². The summed E-state index contributed by atoms with van der Waals surface area (Å²) in [6.45, 7) is 4.63. The van der Waals surface area contributed by atoms with Gasteiger partial charge in [0, 0.05) is 42.3 Å². The Morgan fingerprint density at radius 1 is 1.53 bits per heavy atom. The topological polar surface area (TPSA) is 47.1 Å². The molecule has 0 aliphatic rings. The first-order valence-corrected chi connectivity index (χ1v) is 7.57. The largest absolute Gasteiger partial charge is 0.329 e. The zero-order valence-corrected chi connectivity index (χ0v) is 12.4. The Morgan fingerprint density at radius 2 is 2.37 bits per heavy atom. The average molecular weight is 278 g/mol. The van der Waals surface area contributed by atoms with Crippen LogP contribution in [0.1, 0.15) is 23.4 Å². The van der Waals surface area contributed by atoms with E-state index >= 15 is 0 Å². The van der Waals surface area contributed by atoms with Gasteiger partial charge in [-0.2, -0.15) is 5.10 Å². The maximum atomic E-state index is 5.93. The van der Waals surface area contributed by atoms with Crippen molar-refractivity contribution in [3.63, 3.8) is 0 Å². The number of hydrogen-bond donors (Lipinski definition) is 1. The van der Waals surface area contributed by atoms with Gasteiger partial charge in [-0.1, -0.05) is 6.07 Å². The van der Waals surface area contributed by atoms with Gasteiger partial charge in [-0.15, -0.1) is 11.3 Å². The van der Waals surface area contributed by atoms with Gasteiger partial charge in [0.25, 0.3) is 0 Å². The van der Waals surface area contributed by atoms with Gasteiger partial charge in [-0.25, -0.2) is 0 Å². The van der Waals surface area contributed by atoms with Crippen LogP contribution in [0.5, 0.6) is 0 Å². The third-order valence-electron chi connectivity index (χ3n) is 3.41. The molecular weight excluding hydrogens is 256 g/mol. The Kier molecular flexibility index (Phi) is 5.13. The van der Waals surface area contributed by atoms with Crippen molar-refractivity contribution in [2.45, 2.75) is 25.9 Å². The van der Waals surface area contributed by atoms with Crippen LogP contribution in [-0.4, -0.2) is 34.8 Å². The molecule has 1 atom stereocenters. The first-order chi connectivity index (χ1) is 9.24. The van der Waals surface area contributed by atoms with Gasteiger partial charge in [0.1, 0.15) is 0 Å². The number of nitrogens with zero attached hydrogens (tertiary/aromatic N) is 3. The van der Waals surface area contributed by atoms with Crippen molar-refractivity contribution in [1.82, 2.24) is 14.7 Å². The van der Waals surface area contributed by atoms with Crippen molar-refractivity contribution in [2.75, 3.05) is 20.1 Å². The van der Waals surface area contributed by atoms with Crippen molar-refractivity contribution >= 4 is 11.3 Å². The van der Waals surface area contributed by atoms with E-state index in [1.165, 1.54) is 10.4 Å². The maximum absolute atomic E-state index is 5.93. The summed E-state index contributed by atoms with van der Waals surface area (Å²) in [6.07, 6.45) is 5.11. The van der Waals surface area contributed by atoms with Gasteiger partial charge in [0.2, 0.25) is 0 Å². The van der Waals surface area contributed by atoms with E-state index in [2.05, 4.69) is 47.7 Å². The summed E-state index contributed by atoms with van der Waals surface area (Å²) >= 11 is 1.81. The monoisotopic (exact) mass is 278 g/mol. The lowest BCUT2D eigenvalue weighted by Gasteiger charge is -2.25. The zero-order chi connectivity index (χ0) is 13.7. The predicted octanol–water partition coefficient (Wildman–Crippen LogP) is 2.14. The molecule has 0 aliphatic heterocycles. The molecule has 0 amide bonds. The molecule has 2 aromatic heterocycles. The van der Waals surface area contributed by atoms with Crippen LogP contribution in [0, 0.1) is 0 Å². The molecule has 5 heteroatoms. The highest BCUT2D eigenvalue weighted by molar-refractivity contribution is 7.09. The molecule has 0 aromatic carbocycles. The fourth-order valence-electron chi connectivity index (χ4n) is 2.19. The highest BCUT2D eigenvalue weighted by Crippen LogP contribution is 2.19. The average Bonchev–Trinajstić information content (AvgIpc) is 3.08. The second kappa shape index (κ2) is 6.84. The van der Waals surface area contributed by atoms with E-state index in [0.717, 1.165) is 19.5 Å². The Hall–Kier alpha value is -1.17. The van der Waals surface area contributed by atoms with E-state index in [9.17, 15) is 0 Å². The summed E-state index contributed by atoms with van der Waals surface area (Å²) in [6, 6.07) is 4.54. The van der Waals surface area contributed by atoms with Crippen LogP contribution in [-0.2, 0) is 13.0 Å². The van der Waals surface area contributed by atoms with Crippen molar-refractivity contribution < 1.29 is 0 Å². The molecule has 1 unspecified atom stereocenters. The van der Waals surface area contributed by atoms with Crippen LogP contribution in [0.3, 0.4) is 0 Å². The molecule has 4 nitrogen and oxygen atoms in total. The molecule has 0 fully saturated rings. The van der Waals surface area contributed by atoms with Gasteiger partial charge in [0.05, 0.1) is 6.20 Å². The molecule has 2 heterocycles. The molecule has 0 saturated heterocycles. The Morgan fingerprint density at radius 3 is 2.95 bits per heavy atom. The second-order valence-electron chi connectivity index (χ2n) is 4.69. The minimum atomic E-state index is 0.250. The molecule has 2 N–H and O–H groups in total. The third kappa shape index (κ3) is 3.65. The fraction of sp³-hybridized carbons (Fsp3) is 0.500. The van der Waals surface area contributed by atoms with Crippen molar-refractivity contribution in [3.05, 3.63) is 40.3 Å². The maximum Gasteiger partial charge on any atom is 0.0538 e. The smallest absolute Gasteiger partial charge is 0.0538 e. The molecule has 0 aliphatic carbocycles. The number of nitrogens with two attached hydrogens (primary N) is 1. The van der Waals surface area contributed by atoms with E-state index in [1.807, 2.05) is 22.2 Å². The fourth-order valence-corrected chi connectivity index (χ4v) is 2.89. The molecule has 0 bridgehead atoms. The molecular formula is C14H22N4S. The van der Waals surface area contributed by atoms with E-state index in [1.54, 1.807) is 0 Å². The standard InChI is InChI=1S/C14H22N4S/c1-3-18-11-12(10-16-18)14(9-15)17(2)7-6-13-5-4-8-19-13/h4-5,8,10-11,14H,3,6-7,9,15H2,1-2H3. The predicted molar refractivity (Wildman–Crippen MR) is 80.3 cm³/mol. The number of likely N-dealkylation sites (N-methyl/N-ethyl adjacent to an activating group) is 1. The zero-order valence-electron chi connectivity index (χ0n) is 11.6. The second-order valence-corrected chi connectivity index (χ2v) is 5.72. The first kappa shape index (κ1) is 14.2. The van der Waals surface area contributed by atoms with Gasteiger partial charge in [-0.05, 0) is 31.8 Å². The van der Waals surface area contributed by atoms with Gasteiger partial charge >= 0.3 is 0 Å². The van der Waals surface area contributed by atoms with Crippen molar-refractivity contribution in [3.8, 4) is 0 Å². The number of rotatable bonds is 7. The van der Waals surface area contributed by atoms with E-state index in [-0.39, 0.29) is 6.04 Å². The summed E-state index contributed by atoms with van der Waals surface area (Å²) < 4.78 is 1.95. The van der Waals surface area contributed by atoms with Gasteiger partial charge in [0.15, 0.2) is 0 Å². The summed E-state index contributed by atoms with van der Waals surface area (Å²) in [5.41, 5.74) is 7.14. The van der Waals surface area contributed by atoms with Crippen LogP contribution in [0.2, 0.25) is 0 Å². The summed E-state index contributed by atoms with van der Waals surface area (Å²) in [7, 11) is 2.13. The number of hydrogen-bond acceptors (Lipinski definition) is 4. The SMILES string of the molecule is CCn1cc(C(CN)N(C)CCc2cccs2)cn1.